The quantitative estimate of drug-likeness (QED) is 0.850. The van der Waals surface area contributed by atoms with Gasteiger partial charge in [-0.05, 0) is 50.0 Å². The second-order valence-corrected chi connectivity index (χ2v) is 7.19. The van der Waals surface area contributed by atoms with Gasteiger partial charge in [0.05, 0.1) is 0 Å². The number of carbonyl (C=O) groups excluding carboxylic acids is 2. The summed E-state index contributed by atoms with van der Waals surface area (Å²) < 4.78 is 5.60. The average molecular weight is 326 g/mol. The minimum absolute atomic E-state index is 0.116. The molecular formula is C19H22N2O3. The number of aryl methyl sites for hydroxylation is 1. The summed E-state index contributed by atoms with van der Waals surface area (Å²) in [7, 11) is 0. The molecule has 2 aliphatic carbocycles. The van der Waals surface area contributed by atoms with Crippen molar-refractivity contribution < 1.29 is 14.0 Å². The van der Waals surface area contributed by atoms with E-state index < -0.39 is 5.91 Å². The molecule has 2 aromatic rings. The largest absolute Gasteiger partial charge is 0.451 e. The minimum Gasteiger partial charge on any atom is -0.451 e. The Hall–Kier alpha value is -2.30. The molecule has 1 heterocycles. The van der Waals surface area contributed by atoms with E-state index in [1.54, 1.807) is 0 Å². The van der Waals surface area contributed by atoms with Gasteiger partial charge in [-0.3, -0.25) is 20.4 Å². The van der Waals surface area contributed by atoms with E-state index in [2.05, 4.69) is 10.9 Å². The molecule has 0 unspecified atom stereocenters. The van der Waals surface area contributed by atoms with Crippen molar-refractivity contribution in [3.63, 3.8) is 0 Å². The van der Waals surface area contributed by atoms with E-state index in [0.29, 0.717) is 23.8 Å². The van der Waals surface area contributed by atoms with Crippen LogP contribution >= 0.6 is 0 Å². The summed E-state index contributed by atoms with van der Waals surface area (Å²) >= 11 is 0. The fraction of sp³-hybridized carbons (Fsp3) is 0.474. The summed E-state index contributed by atoms with van der Waals surface area (Å²) in [6.45, 7) is 1.85. The van der Waals surface area contributed by atoms with Crippen LogP contribution in [0.15, 0.2) is 28.7 Å². The van der Waals surface area contributed by atoms with Crippen LogP contribution in [0, 0.1) is 24.7 Å². The third-order valence-electron chi connectivity index (χ3n) is 5.70. The molecule has 5 nitrogen and oxygen atoms in total. The maximum atomic E-state index is 12.3. The van der Waals surface area contributed by atoms with Gasteiger partial charge in [-0.1, -0.05) is 24.6 Å². The summed E-state index contributed by atoms with van der Waals surface area (Å²) in [6.07, 6.45) is 5.52. The number of hydrogen-bond donors (Lipinski definition) is 2. The summed E-state index contributed by atoms with van der Waals surface area (Å²) in [6, 6.07) is 7.51. The van der Waals surface area contributed by atoms with Gasteiger partial charge in [0.15, 0.2) is 5.76 Å². The van der Waals surface area contributed by atoms with E-state index in [9.17, 15) is 9.59 Å². The number of amides is 2. The zero-order chi connectivity index (χ0) is 16.7. The molecule has 0 spiro atoms. The third kappa shape index (κ3) is 2.68. The number of furan rings is 1. The van der Waals surface area contributed by atoms with Crippen LogP contribution in [0.2, 0.25) is 0 Å². The third-order valence-corrected chi connectivity index (χ3v) is 5.70. The predicted octanol–water partition coefficient (Wildman–Crippen LogP) is 3.33. The zero-order valence-electron chi connectivity index (χ0n) is 13.8. The van der Waals surface area contributed by atoms with Gasteiger partial charge in [-0.15, -0.1) is 0 Å². The van der Waals surface area contributed by atoms with Crippen molar-refractivity contribution in [2.45, 2.75) is 39.0 Å². The van der Waals surface area contributed by atoms with E-state index >= 15 is 0 Å². The Morgan fingerprint density at radius 2 is 2.00 bits per heavy atom. The van der Waals surface area contributed by atoms with Gasteiger partial charge >= 0.3 is 5.91 Å². The van der Waals surface area contributed by atoms with E-state index in [4.69, 9.17) is 4.42 Å². The van der Waals surface area contributed by atoms with Crippen LogP contribution in [0.1, 0.15) is 48.2 Å². The van der Waals surface area contributed by atoms with Crippen molar-refractivity contribution in [2.24, 2.45) is 17.8 Å². The summed E-state index contributed by atoms with van der Waals surface area (Å²) in [5.74, 6) is 1.72. The average Bonchev–Trinajstić information content (AvgIpc) is 3.28. The van der Waals surface area contributed by atoms with E-state index in [0.717, 1.165) is 23.3 Å². The summed E-state index contributed by atoms with van der Waals surface area (Å²) in [5.41, 5.74) is 6.48. The Kier molecular flexibility index (Phi) is 3.79. The van der Waals surface area contributed by atoms with Crippen molar-refractivity contribution in [2.75, 3.05) is 0 Å². The molecule has 0 radical (unpaired) electrons. The molecule has 2 fully saturated rings. The highest BCUT2D eigenvalue weighted by Crippen LogP contribution is 2.49. The first-order chi connectivity index (χ1) is 11.6. The van der Waals surface area contributed by atoms with Gasteiger partial charge in [0.1, 0.15) is 5.58 Å². The standard InChI is InChI=1S/C19H22N2O3/c1-11-15-4-2-3-5-16(15)24-18(11)19(23)21-20-17(22)10-14-9-12-6-7-13(14)8-12/h2-5,12-14H,6-10H2,1H3,(H,20,22)(H,21,23)/t12-,13+,14-/m0/s1. The van der Waals surface area contributed by atoms with Crippen LogP contribution in [0.25, 0.3) is 11.0 Å². The van der Waals surface area contributed by atoms with Gasteiger partial charge in [0.2, 0.25) is 5.91 Å². The predicted molar refractivity (Wildman–Crippen MR) is 90.1 cm³/mol. The number of hydrogen-bond acceptors (Lipinski definition) is 3. The van der Waals surface area contributed by atoms with Crippen LogP contribution in [-0.4, -0.2) is 11.8 Å². The summed E-state index contributed by atoms with van der Waals surface area (Å²) in [5, 5.41) is 0.913. The van der Waals surface area contributed by atoms with Crippen molar-refractivity contribution in [1.29, 1.82) is 0 Å². The molecule has 1 aromatic heterocycles. The Labute approximate surface area is 140 Å². The molecule has 3 atom stereocenters. The molecule has 126 valence electrons. The van der Waals surface area contributed by atoms with Crippen LogP contribution in [0.4, 0.5) is 0 Å². The molecular weight excluding hydrogens is 304 g/mol. The zero-order valence-corrected chi connectivity index (χ0v) is 13.8. The van der Waals surface area contributed by atoms with Crippen molar-refractivity contribution in [1.82, 2.24) is 10.9 Å². The highest BCUT2D eigenvalue weighted by Gasteiger charge is 2.40. The fourth-order valence-electron chi connectivity index (χ4n) is 4.49. The van der Waals surface area contributed by atoms with E-state index in [1.807, 2.05) is 31.2 Å². The monoisotopic (exact) mass is 326 g/mol. The molecule has 1 aromatic carbocycles. The smallest absolute Gasteiger partial charge is 0.305 e. The molecule has 4 rings (SSSR count). The molecule has 2 N–H and O–H groups in total. The topological polar surface area (TPSA) is 71.3 Å². The molecule has 5 heteroatoms. The highest BCUT2D eigenvalue weighted by atomic mass is 16.3. The first-order valence-electron chi connectivity index (χ1n) is 8.69. The number of para-hydroxylation sites is 1. The number of nitrogens with one attached hydrogen (secondary N) is 2. The van der Waals surface area contributed by atoms with Crippen molar-refractivity contribution in [3.05, 3.63) is 35.6 Å². The van der Waals surface area contributed by atoms with Gasteiger partial charge in [-0.25, -0.2) is 0 Å². The molecule has 2 saturated carbocycles. The maximum absolute atomic E-state index is 12.3. The molecule has 0 aliphatic heterocycles. The second-order valence-electron chi connectivity index (χ2n) is 7.19. The summed E-state index contributed by atoms with van der Waals surface area (Å²) in [4.78, 5) is 24.4. The minimum atomic E-state index is -0.412. The lowest BCUT2D eigenvalue weighted by Crippen LogP contribution is -2.42. The Morgan fingerprint density at radius 3 is 2.71 bits per heavy atom. The Bertz CT molecular complexity index is 795. The number of rotatable bonds is 3. The van der Waals surface area contributed by atoms with Gasteiger partial charge in [-0.2, -0.15) is 0 Å². The number of hydrazine groups is 1. The van der Waals surface area contributed by atoms with Crippen molar-refractivity contribution in [3.8, 4) is 0 Å². The molecule has 2 aliphatic rings. The van der Waals surface area contributed by atoms with E-state index in [1.165, 1.54) is 19.3 Å². The number of fused-ring (bicyclic) bond motifs is 3. The first-order valence-corrected chi connectivity index (χ1v) is 8.69. The maximum Gasteiger partial charge on any atom is 0.305 e. The Balaban J connectivity index is 1.35. The molecule has 24 heavy (non-hydrogen) atoms. The first kappa shape index (κ1) is 15.2. The van der Waals surface area contributed by atoms with Crippen LogP contribution in [0.5, 0.6) is 0 Å². The fourth-order valence-corrected chi connectivity index (χ4v) is 4.49. The van der Waals surface area contributed by atoms with Crippen LogP contribution < -0.4 is 10.9 Å². The molecule has 0 saturated heterocycles. The normalized spacial score (nSPS) is 25.1. The van der Waals surface area contributed by atoms with Gasteiger partial charge < -0.3 is 4.42 Å². The Morgan fingerprint density at radius 1 is 1.17 bits per heavy atom. The second kappa shape index (κ2) is 5.96. The number of benzene rings is 1. The van der Waals surface area contributed by atoms with Crippen molar-refractivity contribution >= 4 is 22.8 Å². The molecule has 2 bridgehead atoms. The lowest BCUT2D eigenvalue weighted by atomic mass is 9.86. The van der Waals surface area contributed by atoms with Crippen LogP contribution in [0.3, 0.4) is 0 Å². The number of carbonyl (C=O) groups is 2. The SMILES string of the molecule is Cc1c(C(=O)NNC(=O)C[C@@H]2C[C@H]3CC[C@@H]2C3)oc2ccccc12. The highest BCUT2D eigenvalue weighted by molar-refractivity contribution is 5.99. The lowest BCUT2D eigenvalue weighted by molar-refractivity contribution is -0.123. The molecule has 2 amide bonds. The van der Waals surface area contributed by atoms with Gasteiger partial charge in [0, 0.05) is 17.4 Å². The van der Waals surface area contributed by atoms with Gasteiger partial charge in [0.25, 0.3) is 0 Å². The van der Waals surface area contributed by atoms with E-state index in [-0.39, 0.29) is 11.7 Å². The lowest BCUT2D eigenvalue weighted by Gasteiger charge is -2.20. The van der Waals surface area contributed by atoms with Crippen LogP contribution in [-0.2, 0) is 4.79 Å².